The van der Waals surface area contributed by atoms with Crippen LogP contribution in [-0.4, -0.2) is 32.2 Å². The Morgan fingerprint density at radius 2 is 1.71 bits per heavy atom. The third kappa shape index (κ3) is 5.90. The number of para-hydroxylation sites is 1. The molecule has 0 heterocycles. The number of anilines is 1. The minimum absolute atomic E-state index is 0.230. The van der Waals surface area contributed by atoms with Gasteiger partial charge in [-0.25, -0.2) is 4.79 Å². The molecule has 2 rings (SSSR count). The first-order valence-electron chi connectivity index (χ1n) is 7.25. The van der Waals surface area contributed by atoms with Crippen molar-refractivity contribution in [2.24, 2.45) is 0 Å². The second-order valence-corrected chi connectivity index (χ2v) is 6.32. The quantitative estimate of drug-likeness (QED) is 0.526. The number of urea groups is 1. The summed E-state index contributed by atoms with van der Waals surface area (Å²) < 4.78 is 36.2. The van der Waals surface area contributed by atoms with Crippen molar-refractivity contribution in [1.29, 1.82) is 0 Å². The molecule has 7 nitrogen and oxygen atoms in total. The Morgan fingerprint density at radius 3 is 2.33 bits per heavy atom. The predicted molar refractivity (Wildman–Crippen MR) is 89.8 cm³/mol. The van der Waals surface area contributed by atoms with E-state index >= 15 is 0 Å². The van der Waals surface area contributed by atoms with E-state index in [4.69, 9.17) is 9.29 Å². The Kier molecular flexibility index (Phi) is 6.16. The highest BCUT2D eigenvalue weighted by Gasteiger charge is 2.09. The molecule has 0 saturated carbocycles. The number of nitrogens with one attached hydrogen (secondary N) is 2. The number of hydrogen-bond acceptors (Lipinski definition) is 4. The van der Waals surface area contributed by atoms with Crippen LogP contribution in [0.25, 0.3) is 0 Å². The molecule has 8 heteroatoms. The number of carbonyl (C=O) groups is 1. The zero-order valence-corrected chi connectivity index (χ0v) is 13.6. The Morgan fingerprint density at radius 1 is 1.04 bits per heavy atom. The van der Waals surface area contributed by atoms with E-state index in [9.17, 15) is 13.2 Å². The van der Waals surface area contributed by atoms with Gasteiger partial charge in [-0.3, -0.25) is 4.55 Å². The van der Waals surface area contributed by atoms with Gasteiger partial charge in [-0.1, -0.05) is 18.2 Å². The summed E-state index contributed by atoms with van der Waals surface area (Å²) in [7, 11) is -4.23. The maximum Gasteiger partial charge on any atom is 0.319 e. The Labute approximate surface area is 140 Å². The van der Waals surface area contributed by atoms with E-state index in [0.717, 1.165) is 5.75 Å². The van der Waals surface area contributed by atoms with Gasteiger partial charge in [-0.15, -0.1) is 0 Å². The normalized spacial score (nSPS) is 10.9. The number of ether oxygens (including phenoxy) is 1. The van der Waals surface area contributed by atoms with Gasteiger partial charge < -0.3 is 15.4 Å². The topological polar surface area (TPSA) is 105 Å². The fourth-order valence-corrected chi connectivity index (χ4v) is 2.35. The molecule has 3 N–H and O–H groups in total. The molecule has 0 aliphatic carbocycles. The van der Waals surface area contributed by atoms with Crippen LogP contribution < -0.4 is 15.4 Å². The lowest BCUT2D eigenvalue weighted by Gasteiger charge is -2.09. The van der Waals surface area contributed by atoms with E-state index in [2.05, 4.69) is 10.6 Å². The average Bonchev–Trinajstić information content (AvgIpc) is 2.55. The van der Waals surface area contributed by atoms with Crippen molar-refractivity contribution in [3.8, 4) is 5.75 Å². The van der Waals surface area contributed by atoms with Crippen LogP contribution in [0.4, 0.5) is 10.5 Å². The molecule has 0 aromatic heterocycles. The van der Waals surface area contributed by atoms with Crippen LogP contribution in [0.3, 0.4) is 0 Å². The highest BCUT2D eigenvalue weighted by Crippen LogP contribution is 2.13. The maximum absolute atomic E-state index is 11.7. The monoisotopic (exact) mass is 350 g/mol. The minimum atomic E-state index is -4.23. The largest absolute Gasteiger partial charge is 0.494 e. The molecule has 0 aliphatic rings. The van der Waals surface area contributed by atoms with E-state index in [1.807, 2.05) is 30.3 Å². The van der Waals surface area contributed by atoms with Crippen molar-refractivity contribution in [2.45, 2.75) is 11.3 Å². The SMILES string of the molecule is O=C(NCCCOc1ccccc1)Nc1ccc(S(=O)(=O)O)cc1. The smallest absolute Gasteiger partial charge is 0.319 e. The summed E-state index contributed by atoms with van der Waals surface area (Å²) in [4.78, 5) is 11.5. The molecule has 0 fully saturated rings. The van der Waals surface area contributed by atoms with Crippen LogP contribution in [-0.2, 0) is 10.1 Å². The van der Waals surface area contributed by atoms with Crippen LogP contribution >= 0.6 is 0 Å². The molecule has 128 valence electrons. The summed E-state index contributed by atoms with van der Waals surface area (Å²) in [6.45, 7) is 0.912. The average molecular weight is 350 g/mol. The second kappa shape index (κ2) is 8.32. The van der Waals surface area contributed by atoms with Crippen LogP contribution in [0, 0.1) is 0 Å². The van der Waals surface area contributed by atoms with Crippen molar-refractivity contribution < 1.29 is 22.5 Å². The lowest BCUT2D eigenvalue weighted by atomic mass is 10.3. The molecule has 0 spiro atoms. The summed E-state index contributed by atoms with van der Waals surface area (Å²) in [5.41, 5.74) is 0.417. The van der Waals surface area contributed by atoms with E-state index in [1.165, 1.54) is 24.3 Å². The molecule has 0 unspecified atom stereocenters. The molecular formula is C16H18N2O5S. The van der Waals surface area contributed by atoms with Gasteiger partial charge in [0.25, 0.3) is 10.1 Å². The summed E-state index contributed by atoms with van der Waals surface area (Å²) in [5, 5.41) is 5.23. The van der Waals surface area contributed by atoms with Gasteiger partial charge in [0.05, 0.1) is 11.5 Å². The molecule has 0 saturated heterocycles. The molecular weight excluding hydrogens is 332 g/mol. The van der Waals surface area contributed by atoms with Crippen molar-refractivity contribution in [3.63, 3.8) is 0 Å². The highest BCUT2D eigenvalue weighted by atomic mass is 32.2. The predicted octanol–water partition coefficient (Wildman–Crippen LogP) is 2.52. The number of amides is 2. The second-order valence-electron chi connectivity index (χ2n) is 4.90. The summed E-state index contributed by atoms with van der Waals surface area (Å²) in [6.07, 6.45) is 0.643. The van der Waals surface area contributed by atoms with Crippen LogP contribution in [0.2, 0.25) is 0 Å². The summed E-state index contributed by atoms with van der Waals surface area (Å²) >= 11 is 0. The lowest BCUT2D eigenvalue weighted by Crippen LogP contribution is -2.30. The molecule has 0 aliphatic heterocycles. The summed E-state index contributed by atoms with van der Waals surface area (Å²) in [5.74, 6) is 0.779. The maximum atomic E-state index is 11.7. The van der Waals surface area contributed by atoms with Gasteiger partial charge >= 0.3 is 6.03 Å². The fourth-order valence-electron chi connectivity index (χ4n) is 1.87. The third-order valence-corrected chi connectivity index (χ3v) is 3.90. The number of hydrogen-bond donors (Lipinski definition) is 3. The Balaban J connectivity index is 1.68. The van der Waals surface area contributed by atoms with Gasteiger partial charge in [0, 0.05) is 12.2 Å². The third-order valence-electron chi connectivity index (χ3n) is 3.03. The molecule has 2 aromatic carbocycles. The van der Waals surface area contributed by atoms with E-state index in [0.29, 0.717) is 25.3 Å². The fraction of sp³-hybridized carbons (Fsp3) is 0.188. The Bertz CT molecular complexity index is 761. The molecule has 2 amide bonds. The number of carbonyl (C=O) groups excluding carboxylic acids is 1. The molecule has 0 radical (unpaired) electrons. The van der Waals surface area contributed by atoms with Gasteiger partial charge in [-0.2, -0.15) is 8.42 Å². The van der Waals surface area contributed by atoms with E-state index < -0.39 is 16.1 Å². The first-order valence-corrected chi connectivity index (χ1v) is 8.69. The molecule has 0 bridgehead atoms. The van der Waals surface area contributed by atoms with Gasteiger partial charge in [0.15, 0.2) is 0 Å². The number of benzene rings is 2. The number of rotatable bonds is 7. The summed E-state index contributed by atoms with van der Waals surface area (Å²) in [6, 6.07) is 14.2. The zero-order chi connectivity index (χ0) is 17.4. The van der Waals surface area contributed by atoms with Gasteiger partial charge in [-0.05, 0) is 42.8 Å². The van der Waals surface area contributed by atoms with E-state index in [-0.39, 0.29) is 4.90 Å². The molecule has 24 heavy (non-hydrogen) atoms. The standard InChI is InChI=1S/C16H18N2O5S/c19-16(17-11-4-12-23-14-5-2-1-3-6-14)18-13-7-9-15(10-8-13)24(20,21)22/h1-3,5-10H,4,11-12H2,(H2,17,18,19)(H,20,21,22). The first kappa shape index (κ1) is 17.8. The zero-order valence-electron chi connectivity index (χ0n) is 12.8. The lowest BCUT2D eigenvalue weighted by molar-refractivity contribution is 0.250. The van der Waals surface area contributed by atoms with Gasteiger partial charge in [0.1, 0.15) is 5.75 Å². The van der Waals surface area contributed by atoms with Gasteiger partial charge in [0.2, 0.25) is 0 Å². The van der Waals surface area contributed by atoms with Crippen LogP contribution in [0.1, 0.15) is 6.42 Å². The minimum Gasteiger partial charge on any atom is -0.494 e. The van der Waals surface area contributed by atoms with Crippen molar-refractivity contribution in [1.82, 2.24) is 5.32 Å². The van der Waals surface area contributed by atoms with Crippen LogP contribution in [0.15, 0.2) is 59.5 Å². The highest BCUT2D eigenvalue weighted by molar-refractivity contribution is 7.85. The molecule has 0 atom stereocenters. The van der Waals surface area contributed by atoms with Crippen molar-refractivity contribution in [3.05, 3.63) is 54.6 Å². The van der Waals surface area contributed by atoms with Crippen molar-refractivity contribution >= 4 is 21.8 Å². The van der Waals surface area contributed by atoms with Crippen LogP contribution in [0.5, 0.6) is 5.75 Å². The first-order chi connectivity index (χ1) is 11.4. The van der Waals surface area contributed by atoms with E-state index in [1.54, 1.807) is 0 Å². The Hall–Kier alpha value is -2.58. The molecule has 2 aromatic rings. The van der Waals surface area contributed by atoms with Crippen molar-refractivity contribution in [2.75, 3.05) is 18.5 Å².